The highest BCUT2D eigenvalue weighted by atomic mass is 32.2. The third kappa shape index (κ3) is 4.40. The van der Waals surface area contributed by atoms with Crippen molar-refractivity contribution in [2.75, 3.05) is 12.3 Å². The maximum Gasteiger partial charge on any atom is 0.188 e. The van der Waals surface area contributed by atoms with Gasteiger partial charge in [0.2, 0.25) is 0 Å². The second kappa shape index (κ2) is 6.10. The zero-order valence-electron chi connectivity index (χ0n) is 9.06. The largest absolute Gasteiger partial charge is 0.370 e. The van der Waals surface area contributed by atoms with Crippen LogP contribution in [0.5, 0.6) is 0 Å². The van der Waals surface area contributed by atoms with Crippen LogP contribution in [0, 0.1) is 0 Å². The molecule has 1 aliphatic carbocycles. The molecule has 4 nitrogen and oxygen atoms in total. The maximum atomic E-state index is 5.71. The highest BCUT2D eigenvalue weighted by Gasteiger charge is 2.21. The van der Waals surface area contributed by atoms with Crippen LogP contribution < -0.4 is 11.1 Å². The van der Waals surface area contributed by atoms with Crippen LogP contribution in [0.2, 0.25) is 0 Å². The molecule has 1 aromatic heterocycles. The van der Waals surface area contributed by atoms with Crippen molar-refractivity contribution in [3.63, 3.8) is 0 Å². The summed E-state index contributed by atoms with van der Waals surface area (Å²) in [7, 11) is 0. The Hall–Kier alpha value is -0.750. The monoisotopic (exact) mass is 256 g/mol. The molecule has 0 amide bonds. The number of nitrogens with two attached hydrogens (primary N) is 1. The second-order valence-electron chi connectivity index (χ2n) is 3.69. The van der Waals surface area contributed by atoms with E-state index in [0.717, 1.165) is 23.1 Å². The summed E-state index contributed by atoms with van der Waals surface area (Å²) in [5.74, 6) is 1.65. The van der Waals surface area contributed by atoms with Gasteiger partial charge in [-0.1, -0.05) is 11.8 Å². The number of thiazole rings is 1. The first-order valence-electron chi connectivity index (χ1n) is 5.43. The molecule has 0 aliphatic heterocycles. The highest BCUT2D eigenvalue weighted by Crippen LogP contribution is 2.20. The molecule has 0 atom stereocenters. The summed E-state index contributed by atoms with van der Waals surface area (Å²) in [5.41, 5.74) is 5.71. The minimum absolute atomic E-state index is 0.591. The predicted molar refractivity (Wildman–Crippen MR) is 70.1 cm³/mol. The number of rotatable bonds is 6. The molecule has 6 heteroatoms. The van der Waals surface area contributed by atoms with Gasteiger partial charge in [-0.2, -0.15) is 0 Å². The van der Waals surface area contributed by atoms with E-state index in [1.165, 1.54) is 12.8 Å². The van der Waals surface area contributed by atoms with E-state index in [-0.39, 0.29) is 0 Å². The second-order valence-corrected chi connectivity index (χ2v) is 5.92. The van der Waals surface area contributed by atoms with Crippen molar-refractivity contribution in [2.24, 2.45) is 10.7 Å². The Bertz CT molecular complexity index is 333. The van der Waals surface area contributed by atoms with Gasteiger partial charge in [0.15, 0.2) is 5.96 Å². The third-order valence-corrected chi connectivity index (χ3v) is 4.20. The van der Waals surface area contributed by atoms with Gasteiger partial charge < -0.3 is 11.1 Å². The van der Waals surface area contributed by atoms with E-state index in [9.17, 15) is 0 Å². The van der Waals surface area contributed by atoms with Crippen LogP contribution in [0.4, 0.5) is 0 Å². The number of guanidine groups is 1. The lowest BCUT2D eigenvalue weighted by Crippen LogP contribution is -2.33. The zero-order valence-corrected chi connectivity index (χ0v) is 10.7. The molecule has 0 radical (unpaired) electrons. The molecule has 1 fully saturated rings. The van der Waals surface area contributed by atoms with Crippen LogP contribution >= 0.6 is 23.1 Å². The highest BCUT2D eigenvalue weighted by molar-refractivity contribution is 8.00. The minimum Gasteiger partial charge on any atom is -0.370 e. The van der Waals surface area contributed by atoms with Gasteiger partial charge in [0.1, 0.15) is 4.34 Å². The van der Waals surface area contributed by atoms with Crippen molar-refractivity contribution in [3.8, 4) is 0 Å². The number of aliphatic imine (C=N–C) groups is 1. The van der Waals surface area contributed by atoms with Crippen LogP contribution in [-0.2, 0) is 0 Å². The summed E-state index contributed by atoms with van der Waals surface area (Å²) in [6, 6.07) is 0.591. The van der Waals surface area contributed by atoms with Crippen LogP contribution in [-0.4, -0.2) is 29.3 Å². The normalized spacial score (nSPS) is 16.4. The van der Waals surface area contributed by atoms with E-state index >= 15 is 0 Å². The first-order valence-corrected chi connectivity index (χ1v) is 7.30. The van der Waals surface area contributed by atoms with Crippen molar-refractivity contribution >= 4 is 29.1 Å². The SMILES string of the molecule is NC(=NCCCSc1nccs1)NC1CC1. The molecule has 1 saturated carbocycles. The van der Waals surface area contributed by atoms with Gasteiger partial charge in [-0.05, 0) is 19.3 Å². The lowest BCUT2D eigenvalue weighted by molar-refractivity contribution is 0.864. The number of aromatic nitrogens is 1. The number of thioether (sulfide) groups is 1. The molecule has 2 rings (SSSR count). The summed E-state index contributed by atoms with van der Waals surface area (Å²) >= 11 is 3.46. The average Bonchev–Trinajstić information content (AvgIpc) is 2.93. The Labute approximate surface area is 104 Å². The quantitative estimate of drug-likeness (QED) is 0.352. The first-order chi connectivity index (χ1) is 7.84. The Morgan fingerprint density at radius 3 is 3.25 bits per heavy atom. The summed E-state index contributed by atoms with van der Waals surface area (Å²) in [5, 5.41) is 5.17. The van der Waals surface area contributed by atoms with Crippen molar-refractivity contribution < 1.29 is 0 Å². The van der Waals surface area contributed by atoms with Gasteiger partial charge in [-0.3, -0.25) is 4.99 Å². The third-order valence-electron chi connectivity index (χ3n) is 2.15. The van der Waals surface area contributed by atoms with Gasteiger partial charge in [0.25, 0.3) is 0 Å². The average molecular weight is 256 g/mol. The van der Waals surface area contributed by atoms with Crippen LogP contribution in [0.1, 0.15) is 19.3 Å². The molecule has 3 N–H and O–H groups in total. The lowest BCUT2D eigenvalue weighted by Gasteiger charge is -2.02. The maximum absolute atomic E-state index is 5.71. The molecular formula is C10H16N4S2. The van der Waals surface area contributed by atoms with E-state index in [4.69, 9.17) is 5.73 Å². The molecule has 0 spiro atoms. The Morgan fingerprint density at radius 2 is 2.56 bits per heavy atom. The number of hydrogen-bond acceptors (Lipinski definition) is 4. The predicted octanol–water partition coefficient (Wildman–Crippen LogP) is 1.69. The summed E-state index contributed by atoms with van der Waals surface area (Å²) in [6.45, 7) is 0.796. The molecule has 16 heavy (non-hydrogen) atoms. The number of nitrogens with one attached hydrogen (secondary N) is 1. The van der Waals surface area contributed by atoms with Crippen molar-refractivity contribution in [1.29, 1.82) is 0 Å². The van der Waals surface area contributed by atoms with Crippen molar-refractivity contribution in [3.05, 3.63) is 11.6 Å². The van der Waals surface area contributed by atoms with Crippen molar-refractivity contribution in [1.82, 2.24) is 10.3 Å². The molecule has 0 saturated heterocycles. The fraction of sp³-hybridized carbons (Fsp3) is 0.600. The summed E-state index contributed by atoms with van der Waals surface area (Å²) < 4.78 is 1.13. The number of nitrogens with zero attached hydrogens (tertiary/aromatic N) is 2. The van der Waals surface area contributed by atoms with Crippen LogP contribution in [0.25, 0.3) is 0 Å². The first kappa shape index (κ1) is 11.7. The fourth-order valence-electron chi connectivity index (χ4n) is 1.19. The Kier molecular flexibility index (Phi) is 4.47. The van der Waals surface area contributed by atoms with Gasteiger partial charge in [0, 0.05) is 29.9 Å². The number of hydrogen-bond donors (Lipinski definition) is 2. The van der Waals surface area contributed by atoms with E-state index < -0.39 is 0 Å². The van der Waals surface area contributed by atoms with E-state index in [1.54, 1.807) is 23.1 Å². The van der Waals surface area contributed by atoms with Gasteiger partial charge in [-0.15, -0.1) is 11.3 Å². The summed E-state index contributed by atoms with van der Waals surface area (Å²) in [4.78, 5) is 8.48. The molecule has 0 unspecified atom stereocenters. The van der Waals surface area contributed by atoms with Crippen LogP contribution in [0.15, 0.2) is 20.9 Å². The van der Waals surface area contributed by atoms with E-state index in [0.29, 0.717) is 12.0 Å². The topological polar surface area (TPSA) is 63.3 Å². The minimum atomic E-state index is 0.591. The van der Waals surface area contributed by atoms with Gasteiger partial charge >= 0.3 is 0 Å². The molecule has 1 heterocycles. The molecular weight excluding hydrogens is 240 g/mol. The molecule has 0 aromatic carbocycles. The standard InChI is InChI=1S/C10H16N4S2/c11-9(14-8-2-3-8)12-4-1-6-15-10-13-5-7-16-10/h5,7-8H,1-4,6H2,(H3,11,12,14). The zero-order chi connectivity index (χ0) is 11.2. The summed E-state index contributed by atoms with van der Waals surface area (Å²) in [6.07, 6.45) is 5.34. The molecule has 0 bridgehead atoms. The fourth-order valence-corrected chi connectivity index (χ4v) is 2.82. The Balaban J connectivity index is 1.53. The van der Waals surface area contributed by atoms with E-state index in [2.05, 4.69) is 15.3 Å². The lowest BCUT2D eigenvalue weighted by atomic mass is 10.5. The smallest absolute Gasteiger partial charge is 0.188 e. The van der Waals surface area contributed by atoms with E-state index in [1.807, 2.05) is 11.6 Å². The molecule has 1 aliphatic rings. The molecule has 88 valence electrons. The molecule has 1 aromatic rings. The van der Waals surface area contributed by atoms with Crippen molar-refractivity contribution in [2.45, 2.75) is 29.6 Å². The van der Waals surface area contributed by atoms with Crippen LogP contribution in [0.3, 0.4) is 0 Å². The van der Waals surface area contributed by atoms with Gasteiger partial charge in [-0.25, -0.2) is 4.98 Å². The Morgan fingerprint density at radius 1 is 1.69 bits per heavy atom. The van der Waals surface area contributed by atoms with Gasteiger partial charge in [0.05, 0.1) is 0 Å².